The first-order valence-electron chi connectivity index (χ1n) is 9.85. The Morgan fingerprint density at radius 1 is 1.09 bits per heavy atom. The Balaban J connectivity index is 1.59. The lowest BCUT2D eigenvalue weighted by Crippen LogP contribution is -2.35. The van der Waals surface area contributed by atoms with Gasteiger partial charge in [0.25, 0.3) is 11.5 Å². The summed E-state index contributed by atoms with van der Waals surface area (Å²) in [6, 6.07) is 11.2. The summed E-state index contributed by atoms with van der Waals surface area (Å²) in [5, 5.41) is 2.85. The van der Waals surface area contributed by atoms with Crippen LogP contribution in [0.25, 0.3) is 10.9 Å². The molecular weight excluding hydrogens is 418 g/mol. The number of nitrogens with zero attached hydrogens (tertiary/aromatic N) is 1. The van der Waals surface area contributed by atoms with Crippen LogP contribution in [-0.2, 0) is 16.1 Å². The lowest BCUT2D eigenvalue weighted by atomic mass is 10.2. The van der Waals surface area contributed by atoms with Crippen molar-refractivity contribution < 1.29 is 23.8 Å². The van der Waals surface area contributed by atoms with Crippen molar-refractivity contribution in [1.82, 2.24) is 14.9 Å². The summed E-state index contributed by atoms with van der Waals surface area (Å²) in [6.07, 6.45) is 0.275. The highest BCUT2D eigenvalue weighted by atomic mass is 16.5. The van der Waals surface area contributed by atoms with E-state index < -0.39 is 17.2 Å². The number of amides is 1. The number of carbonyl (C=O) groups is 2. The molecule has 0 aliphatic heterocycles. The number of ether oxygens (including phenoxy) is 3. The number of aromatic nitrogens is 2. The highest BCUT2D eigenvalue weighted by Gasteiger charge is 2.14. The molecule has 10 nitrogen and oxygen atoms in total. The van der Waals surface area contributed by atoms with Crippen molar-refractivity contribution in [3.63, 3.8) is 0 Å². The standard InChI is InChI=1S/C22H23N3O7/c1-23-19(26)13-32-17-9-8-14(12-18(17)30-2)21(28)31-11-5-10-25-20(27)15-6-3-4-7-16(15)24-22(25)29/h3-4,6-9,12H,5,10-11,13H2,1-2H3,(H,23,26)(H,24,29). The van der Waals surface area contributed by atoms with E-state index in [0.29, 0.717) is 16.7 Å². The van der Waals surface area contributed by atoms with Crippen LogP contribution in [0.2, 0.25) is 0 Å². The highest BCUT2D eigenvalue weighted by molar-refractivity contribution is 5.90. The highest BCUT2D eigenvalue weighted by Crippen LogP contribution is 2.28. The minimum absolute atomic E-state index is 0.00871. The SMILES string of the molecule is CNC(=O)COc1ccc(C(=O)OCCCn2c(=O)[nH]c3ccccc3c2=O)cc1OC. The second kappa shape index (κ2) is 10.3. The minimum Gasteiger partial charge on any atom is -0.493 e. The van der Waals surface area contributed by atoms with Gasteiger partial charge in [0.1, 0.15) is 0 Å². The van der Waals surface area contributed by atoms with E-state index in [1.165, 1.54) is 32.4 Å². The number of methoxy groups -OCH3 is 1. The number of hydrogen-bond acceptors (Lipinski definition) is 7. The average molecular weight is 441 g/mol. The fraction of sp³-hybridized carbons (Fsp3) is 0.273. The molecule has 10 heteroatoms. The Bertz CT molecular complexity index is 1250. The van der Waals surface area contributed by atoms with Gasteiger partial charge >= 0.3 is 11.7 Å². The minimum atomic E-state index is -0.596. The van der Waals surface area contributed by atoms with Crippen LogP contribution < -0.4 is 26.0 Å². The van der Waals surface area contributed by atoms with Crippen LogP contribution in [0.15, 0.2) is 52.1 Å². The monoisotopic (exact) mass is 441 g/mol. The van der Waals surface area contributed by atoms with Crippen LogP contribution in [0.1, 0.15) is 16.8 Å². The second-order valence-electron chi connectivity index (χ2n) is 6.75. The van der Waals surface area contributed by atoms with Gasteiger partial charge in [0.05, 0.1) is 30.2 Å². The van der Waals surface area contributed by atoms with Crippen molar-refractivity contribution in [3.05, 3.63) is 68.9 Å². The van der Waals surface area contributed by atoms with E-state index in [1.54, 1.807) is 24.3 Å². The molecule has 1 amide bonds. The maximum atomic E-state index is 12.5. The van der Waals surface area contributed by atoms with Crippen molar-refractivity contribution in [1.29, 1.82) is 0 Å². The van der Waals surface area contributed by atoms with E-state index in [0.717, 1.165) is 4.57 Å². The number of aromatic amines is 1. The molecule has 0 unspecified atom stereocenters. The molecule has 0 fully saturated rings. The Labute approximate surface area is 182 Å². The number of carbonyl (C=O) groups excluding carboxylic acids is 2. The van der Waals surface area contributed by atoms with E-state index in [9.17, 15) is 19.2 Å². The van der Waals surface area contributed by atoms with Crippen LogP contribution in [0.3, 0.4) is 0 Å². The zero-order chi connectivity index (χ0) is 23.1. The van der Waals surface area contributed by atoms with E-state index in [4.69, 9.17) is 14.2 Å². The third kappa shape index (κ3) is 5.15. The van der Waals surface area contributed by atoms with Crippen LogP contribution in [-0.4, -0.2) is 48.8 Å². The lowest BCUT2D eigenvalue weighted by Gasteiger charge is -2.12. The summed E-state index contributed by atoms with van der Waals surface area (Å²) >= 11 is 0. The van der Waals surface area contributed by atoms with Crippen LogP contribution in [0, 0.1) is 0 Å². The van der Waals surface area contributed by atoms with Crippen molar-refractivity contribution in [2.24, 2.45) is 0 Å². The summed E-state index contributed by atoms with van der Waals surface area (Å²) in [5.41, 5.74) is -0.207. The Hall–Kier alpha value is -4.08. The largest absolute Gasteiger partial charge is 0.493 e. The zero-order valence-electron chi connectivity index (χ0n) is 17.7. The van der Waals surface area contributed by atoms with Gasteiger partial charge < -0.3 is 24.5 Å². The molecule has 32 heavy (non-hydrogen) atoms. The van der Waals surface area contributed by atoms with Crippen molar-refractivity contribution in [2.75, 3.05) is 27.4 Å². The van der Waals surface area contributed by atoms with Gasteiger partial charge in [0.15, 0.2) is 18.1 Å². The third-order valence-corrected chi connectivity index (χ3v) is 4.69. The first-order valence-corrected chi connectivity index (χ1v) is 9.85. The number of rotatable bonds is 9. The molecule has 3 aromatic rings. The van der Waals surface area contributed by atoms with Crippen LogP contribution in [0.5, 0.6) is 11.5 Å². The van der Waals surface area contributed by atoms with E-state index in [2.05, 4.69) is 10.3 Å². The fourth-order valence-corrected chi connectivity index (χ4v) is 3.00. The molecule has 2 aromatic carbocycles. The summed E-state index contributed by atoms with van der Waals surface area (Å²) in [6.45, 7) is -0.0828. The van der Waals surface area contributed by atoms with E-state index >= 15 is 0 Å². The van der Waals surface area contributed by atoms with Gasteiger partial charge in [-0.25, -0.2) is 9.59 Å². The number of likely N-dealkylation sites (N-methyl/N-ethyl adjacent to an activating group) is 1. The number of esters is 1. The topological polar surface area (TPSA) is 129 Å². The summed E-state index contributed by atoms with van der Waals surface area (Å²) in [4.78, 5) is 51.0. The molecule has 168 valence electrons. The normalized spacial score (nSPS) is 10.6. The third-order valence-electron chi connectivity index (χ3n) is 4.69. The molecular formula is C22H23N3O7. The first-order chi connectivity index (χ1) is 15.4. The van der Waals surface area contributed by atoms with Crippen molar-refractivity contribution >= 4 is 22.8 Å². The summed E-state index contributed by atoms with van der Waals surface area (Å²) < 4.78 is 16.9. The van der Waals surface area contributed by atoms with Crippen molar-refractivity contribution in [3.8, 4) is 11.5 Å². The van der Waals surface area contributed by atoms with Gasteiger partial charge in [-0.3, -0.25) is 14.2 Å². The van der Waals surface area contributed by atoms with Gasteiger partial charge in [0.2, 0.25) is 0 Å². The molecule has 0 radical (unpaired) electrons. The number of fused-ring (bicyclic) bond motifs is 1. The molecule has 1 heterocycles. The first kappa shape index (κ1) is 22.6. The molecule has 0 aliphatic rings. The average Bonchev–Trinajstić information content (AvgIpc) is 2.81. The maximum Gasteiger partial charge on any atom is 0.338 e. The maximum absolute atomic E-state index is 12.5. The van der Waals surface area contributed by atoms with Gasteiger partial charge in [-0.2, -0.15) is 0 Å². The fourth-order valence-electron chi connectivity index (χ4n) is 3.00. The zero-order valence-corrected chi connectivity index (χ0v) is 17.7. The summed E-state index contributed by atoms with van der Waals surface area (Å²) in [7, 11) is 2.91. The Morgan fingerprint density at radius 2 is 1.88 bits per heavy atom. The molecule has 0 atom stereocenters. The Kier molecular flexibility index (Phi) is 7.27. The van der Waals surface area contributed by atoms with Gasteiger partial charge in [0, 0.05) is 13.6 Å². The molecule has 1 aromatic heterocycles. The quantitative estimate of drug-likeness (QED) is 0.375. The predicted molar refractivity (Wildman–Crippen MR) is 116 cm³/mol. The molecule has 0 bridgehead atoms. The van der Waals surface area contributed by atoms with Crippen molar-refractivity contribution in [2.45, 2.75) is 13.0 Å². The molecule has 2 N–H and O–H groups in total. The number of H-pyrrole nitrogens is 1. The molecule has 3 rings (SSSR count). The van der Waals surface area contributed by atoms with Crippen LogP contribution in [0.4, 0.5) is 0 Å². The second-order valence-corrected chi connectivity index (χ2v) is 6.75. The smallest absolute Gasteiger partial charge is 0.338 e. The molecule has 0 spiro atoms. The molecule has 0 aliphatic carbocycles. The molecule has 0 saturated heterocycles. The van der Waals surface area contributed by atoms with Gasteiger partial charge in [-0.05, 0) is 36.8 Å². The molecule has 0 saturated carbocycles. The van der Waals surface area contributed by atoms with Gasteiger partial charge in [-0.1, -0.05) is 12.1 Å². The lowest BCUT2D eigenvalue weighted by molar-refractivity contribution is -0.122. The predicted octanol–water partition coefficient (Wildman–Crippen LogP) is 1.07. The number of para-hydroxylation sites is 1. The van der Waals surface area contributed by atoms with E-state index in [-0.39, 0.29) is 43.4 Å². The summed E-state index contributed by atoms with van der Waals surface area (Å²) in [5.74, 6) is -0.319. The Morgan fingerprint density at radius 3 is 2.62 bits per heavy atom. The van der Waals surface area contributed by atoms with E-state index in [1.807, 2.05) is 0 Å². The number of hydrogen-bond donors (Lipinski definition) is 2. The van der Waals surface area contributed by atoms with Crippen LogP contribution >= 0.6 is 0 Å². The number of benzene rings is 2. The van der Waals surface area contributed by atoms with Gasteiger partial charge in [-0.15, -0.1) is 0 Å². The number of nitrogens with one attached hydrogen (secondary N) is 2.